The Labute approximate surface area is 247 Å². The highest BCUT2D eigenvalue weighted by atomic mass is 16.1. The normalized spacial score (nSPS) is 11.8. The number of carbonyl (C=O) groups excluding carboxylic acids is 2. The number of hydrogen-bond donors (Lipinski definition) is 3. The van der Waals surface area contributed by atoms with Crippen LogP contribution in [0.2, 0.25) is 0 Å². The average Bonchev–Trinajstić information content (AvgIpc) is 3.65. The summed E-state index contributed by atoms with van der Waals surface area (Å²) >= 11 is 0. The van der Waals surface area contributed by atoms with Crippen LogP contribution in [-0.2, 0) is 19.6 Å². The molecular formula is C31H32N10O2. The fourth-order valence-corrected chi connectivity index (χ4v) is 5.65. The number of nitrogens with zero attached hydrogens (tertiary/aromatic N) is 7. The number of hydrogen-bond acceptors (Lipinski definition) is 7. The Morgan fingerprint density at radius 2 is 1.67 bits per heavy atom. The third-order valence-corrected chi connectivity index (χ3v) is 7.60. The van der Waals surface area contributed by atoms with E-state index >= 15 is 0 Å². The largest absolute Gasteiger partial charge is 0.366 e. The van der Waals surface area contributed by atoms with E-state index in [1.807, 2.05) is 44.6 Å². The molecule has 0 fully saturated rings. The fraction of sp³-hybridized carbons (Fsp3) is 0.226. The average molecular weight is 577 g/mol. The number of benzene rings is 2. The molecule has 43 heavy (non-hydrogen) atoms. The third-order valence-electron chi connectivity index (χ3n) is 7.60. The van der Waals surface area contributed by atoms with E-state index < -0.39 is 11.8 Å². The van der Waals surface area contributed by atoms with Crippen molar-refractivity contribution in [1.29, 1.82) is 0 Å². The molecule has 0 saturated carbocycles. The fourth-order valence-electron chi connectivity index (χ4n) is 5.65. The van der Waals surface area contributed by atoms with Crippen molar-refractivity contribution < 1.29 is 9.59 Å². The van der Waals surface area contributed by atoms with Gasteiger partial charge in [-0.15, -0.1) is 0 Å². The number of primary amides is 2. The molecule has 4 aromatic heterocycles. The van der Waals surface area contributed by atoms with Gasteiger partial charge in [-0.05, 0) is 62.7 Å². The van der Waals surface area contributed by atoms with Crippen molar-refractivity contribution in [2.24, 2.45) is 11.5 Å². The van der Waals surface area contributed by atoms with Crippen LogP contribution in [0, 0.1) is 13.8 Å². The van der Waals surface area contributed by atoms with Gasteiger partial charge in [0.15, 0.2) is 5.82 Å². The van der Waals surface area contributed by atoms with Crippen molar-refractivity contribution in [3.63, 3.8) is 0 Å². The maximum Gasteiger partial charge on any atom is 0.248 e. The number of imidazole rings is 1. The minimum Gasteiger partial charge on any atom is -0.366 e. The quantitative estimate of drug-likeness (QED) is 0.219. The van der Waals surface area contributed by atoms with E-state index in [0.29, 0.717) is 48.1 Å². The van der Waals surface area contributed by atoms with Crippen LogP contribution in [0.25, 0.3) is 44.5 Å². The Morgan fingerprint density at radius 3 is 2.37 bits per heavy atom. The molecule has 0 aliphatic carbocycles. The molecule has 12 heteroatoms. The second-order valence-corrected chi connectivity index (χ2v) is 10.4. The number of aromatic nitrogens is 7. The summed E-state index contributed by atoms with van der Waals surface area (Å²) in [5, 5.41) is 9.38. The zero-order valence-electron chi connectivity index (χ0n) is 24.4. The zero-order chi connectivity index (χ0) is 30.4. The van der Waals surface area contributed by atoms with Gasteiger partial charge in [-0.3, -0.25) is 14.3 Å². The van der Waals surface area contributed by atoms with E-state index in [1.165, 1.54) is 0 Å². The monoisotopic (exact) mass is 576 g/mol. The number of aryl methyl sites for hydroxylation is 3. The van der Waals surface area contributed by atoms with Gasteiger partial charge in [0.1, 0.15) is 11.3 Å². The smallest absolute Gasteiger partial charge is 0.248 e. The third kappa shape index (κ3) is 4.76. The van der Waals surface area contributed by atoms with Gasteiger partial charge in [-0.25, -0.2) is 15.0 Å². The van der Waals surface area contributed by atoms with Crippen LogP contribution in [-0.4, -0.2) is 52.7 Å². The van der Waals surface area contributed by atoms with Crippen molar-refractivity contribution in [3.05, 3.63) is 77.1 Å². The lowest BCUT2D eigenvalue weighted by atomic mass is 10.1. The Balaban J connectivity index is 1.41. The lowest BCUT2D eigenvalue weighted by Crippen LogP contribution is -2.11. The molecular weight excluding hydrogens is 544 g/mol. The highest BCUT2D eigenvalue weighted by Crippen LogP contribution is 2.30. The molecule has 0 spiro atoms. The Morgan fingerprint density at radius 1 is 0.930 bits per heavy atom. The minimum atomic E-state index is -0.492. The van der Waals surface area contributed by atoms with E-state index in [-0.39, 0.29) is 0 Å². The molecule has 0 saturated heterocycles. The van der Waals surface area contributed by atoms with E-state index in [4.69, 9.17) is 16.5 Å². The van der Waals surface area contributed by atoms with Crippen molar-refractivity contribution in [2.75, 3.05) is 12.4 Å². The lowest BCUT2D eigenvalue weighted by molar-refractivity contribution is 0.0992. The molecule has 4 heterocycles. The summed E-state index contributed by atoms with van der Waals surface area (Å²) in [6, 6.07) is 10.9. The standard InChI is InChI=1S/C31H32N10O2/c1-5-41-25(13-18(3)38-41)29-35-16-22-21-14-19(27(32)42)8-9-24(21)39(30(22)37-29)10-6-7-11-40-26-17(2)12-20(28(33)43)15-23(26)36-31(40)34-4/h6-9,12-16H,5,10-11H2,1-4H3,(H2,32,42)(H2,33,43)(H,34,36)/b7-6+. The summed E-state index contributed by atoms with van der Waals surface area (Å²) in [6.07, 6.45) is 5.94. The van der Waals surface area contributed by atoms with Crippen molar-refractivity contribution in [2.45, 2.75) is 40.4 Å². The number of nitrogens with two attached hydrogens (primary N) is 2. The first-order valence-corrected chi connectivity index (χ1v) is 14.0. The van der Waals surface area contributed by atoms with Gasteiger partial charge in [-0.1, -0.05) is 12.2 Å². The van der Waals surface area contributed by atoms with Crippen molar-refractivity contribution >= 4 is 50.7 Å². The minimum absolute atomic E-state index is 0.423. The van der Waals surface area contributed by atoms with Gasteiger partial charge in [0.2, 0.25) is 17.8 Å². The first kappa shape index (κ1) is 27.6. The molecule has 2 aromatic carbocycles. The van der Waals surface area contributed by atoms with Crippen LogP contribution in [0.3, 0.4) is 0 Å². The van der Waals surface area contributed by atoms with Crippen LogP contribution in [0.5, 0.6) is 0 Å². The molecule has 218 valence electrons. The molecule has 2 amide bonds. The zero-order valence-corrected chi connectivity index (χ0v) is 24.4. The van der Waals surface area contributed by atoms with Gasteiger partial charge in [-0.2, -0.15) is 5.10 Å². The molecule has 0 unspecified atom stereocenters. The summed E-state index contributed by atoms with van der Waals surface area (Å²) < 4.78 is 6.05. The lowest BCUT2D eigenvalue weighted by Gasteiger charge is -2.09. The summed E-state index contributed by atoms with van der Waals surface area (Å²) in [5.41, 5.74) is 17.9. The molecule has 6 rings (SSSR count). The molecule has 0 bridgehead atoms. The van der Waals surface area contributed by atoms with Crippen molar-refractivity contribution in [3.8, 4) is 11.5 Å². The first-order valence-electron chi connectivity index (χ1n) is 14.0. The van der Waals surface area contributed by atoms with E-state index in [1.54, 1.807) is 30.5 Å². The van der Waals surface area contributed by atoms with Gasteiger partial charge < -0.3 is 25.9 Å². The maximum atomic E-state index is 12.0. The molecule has 0 aliphatic rings. The summed E-state index contributed by atoms with van der Waals surface area (Å²) in [6.45, 7) is 7.68. The van der Waals surface area contributed by atoms with Crippen LogP contribution >= 0.6 is 0 Å². The van der Waals surface area contributed by atoms with Gasteiger partial charge in [0.05, 0.1) is 22.2 Å². The van der Waals surface area contributed by atoms with E-state index in [0.717, 1.165) is 44.4 Å². The van der Waals surface area contributed by atoms with Crippen LogP contribution in [0.4, 0.5) is 5.95 Å². The Kier molecular flexibility index (Phi) is 6.88. The second-order valence-electron chi connectivity index (χ2n) is 10.4. The van der Waals surface area contributed by atoms with E-state index in [2.05, 4.69) is 41.7 Å². The summed E-state index contributed by atoms with van der Waals surface area (Å²) in [7, 11) is 1.81. The highest BCUT2D eigenvalue weighted by molar-refractivity contribution is 6.09. The number of amides is 2. The topological polar surface area (TPSA) is 165 Å². The number of anilines is 1. The summed E-state index contributed by atoms with van der Waals surface area (Å²) in [4.78, 5) is 38.1. The van der Waals surface area contributed by atoms with Crippen LogP contribution in [0.15, 0.2) is 54.7 Å². The van der Waals surface area contributed by atoms with Gasteiger partial charge >= 0.3 is 0 Å². The van der Waals surface area contributed by atoms with Crippen LogP contribution < -0.4 is 16.8 Å². The molecule has 6 aromatic rings. The number of carbonyl (C=O) groups is 2. The van der Waals surface area contributed by atoms with Gasteiger partial charge in [0, 0.05) is 54.8 Å². The molecule has 0 radical (unpaired) electrons. The molecule has 0 aliphatic heterocycles. The first-order chi connectivity index (χ1) is 20.7. The SMILES string of the molecule is CCn1nc(C)cc1-c1ncc2c3cc(C(N)=O)ccc3n(C/C=C/Cn3c(NC)nc4cc(C(N)=O)cc(C)c43)c2n1. The molecule has 5 N–H and O–H groups in total. The van der Waals surface area contributed by atoms with Gasteiger partial charge in [0.25, 0.3) is 0 Å². The predicted octanol–water partition coefficient (Wildman–Crippen LogP) is 3.93. The predicted molar refractivity (Wildman–Crippen MR) is 167 cm³/mol. The van der Waals surface area contributed by atoms with Crippen LogP contribution in [0.1, 0.15) is 38.9 Å². The summed E-state index contributed by atoms with van der Waals surface area (Å²) in [5.74, 6) is 0.280. The second kappa shape index (κ2) is 10.7. The number of nitrogens with one attached hydrogen (secondary N) is 1. The van der Waals surface area contributed by atoms with E-state index in [9.17, 15) is 9.59 Å². The number of rotatable bonds is 9. The number of fused-ring (bicyclic) bond motifs is 4. The highest BCUT2D eigenvalue weighted by Gasteiger charge is 2.18. The number of allylic oxidation sites excluding steroid dienone is 2. The Hall–Kier alpha value is -5.52. The van der Waals surface area contributed by atoms with Crippen molar-refractivity contribution in [1.82, 2.24) is 33.9 Å². The molecule has 0 atom stereocenters. The molecule has 12 nitrogen and oxygen atoms in total. The maximum absolute atomic E-state index is 12.0. The Bertz CT molecular complexity index is 2100.